The molecule has 1 N–H and O–H groups in total. The highest BCUT2D eigenvalue weighted by Gasteiger charge is 2.30. The van der Waals surface area contributed by atoms with Crippen molar-refractivity contribution in [2.45, 2.75) is 24.3 Å². The third kappa shape index (κ3) is 4.73. The lowest BCUT2D eigenvalue weighted by Gasteiger charge is -2.17. The number of benzene rings is 1. The molecule has 10 heteroatoms. The third-order valence-corrected chi connectivity index (χ3v) is 6.60. The predicted octanol–water partition coefficient (Wildman–Crippen LogP) is 2.19. The van der Waals surface area contributed by atoms with E-state index >= 15 is 0 Å². The lowest BCUT2D eigenvalue weighted by Crippen LogP contribution is -2.29. The molecule has 0 spiro atoms. The van der Waals surface area contributed by atoms with Crippen molar-refractivity contribution in [1.82, 2.24) is 9.62 Å². The summed E-state index contributed by atoms with van der Waals surface area (Å²) in [6.45, 7) is 0.505. The van der Waals surface area contributed by atoms with Crippen LogP contribution in [0.15, 0.2) is 45.9 Å². The summed E-state index contributed by atoms with van der Waals surface area (Å²) in [5.41, 5.74) is 0.000932. The molecule has 1 fully saturated rings. The maximum Gasteiger partial charge on any atom is 0.338 e. The number of furan rings is 1. The summed E-state index contributed by atoms with van der Waals surface area (Å²) in [4.78, 5) is 23.9. The minimum atomic E-state index is -3.79. The maximum atomic E-state index is 12.7. The molecule has 3 rings (SSSR count). The first-order valence-corrected chi connectivity index (χ1v) is 10.5. The number of ether oxygens (including phenoxy) is 1. The minimum Gasteiger partial charge on any atom is -0.467 e. The summed E-state index contributed by atoms with van der Waals surface area (Å²) < 4.78 is 36.8. The maximum absolute atomic E-state index is 12.7. The van der Waals surface area contributed by atoms with Crippen molar-refractivity contribution in [2.75, 3.05) is 19.7 Å². The van der Waals surface area contributed by atoms with Crippen molar-refractivity contribution in [1.29, 1.82) is 0 Å². The zero-order chi connectivity index (χ0) is 20.1. The molecule has 0 saturated carbocycles. The molecule has 1 saturated heterocycles. The van der Waals surface area contributed by atoms with E-state index in [1.165, 1.54) is 28.8 Å². The van der Waals surface area contributed by atoms with Gasteiger partial charge < -0.3 is 14.5 Å². The molecular formula is C18H19ClN2O6S. The Morgan fingerprint density at radius 1 is 1.21 bits per heavy atom. The lowest BCUT2D eigenvalue weighted by molar-refractivity contribution is -0.124. The van der Waals surface area contributed by atoms with Crippen LogP contribution in [0.1, 0.15) is 29.0 Å². The molecule has 0 aliphatic carbocycles. The third-order valence-electron chi connectivity index (χ3n) is 4.22. The average molecular weight is 427 g/mol. The van der Waals surface area contributed by atoms with Gasteiger partial charge in [-0.05, 0) is 43.2 Å². The van der Waals surface area contributed by atoms with E-state index in [0.29, 0.717) is 18.8 Å². The largest absolute Gasteiger partial charge is 0.467 e. The normalized spacial score (nSPS) is 14.8. The molecule has 1 aromatic heterocycles. The standard InChI is InChI=1S/C18H19ClN2O6S/c19-15-6-5-13(10-16(15)28(24,25)21-7-1-2-8-21)18(23)27-12-17(22)20-11-14-4-3-9-26-14/h3-6,9-10H,1-2,7-8,11-12H2,(H,20,22). The highest BCUT2D eigenvalue weighted by molar-refractivity contribution is 7.89. The lowest BCUT2D eigenvalue weighted by atomic mass is 10.2. The van der Waals surface area contributed by atoms with E-state index in [2.05, 4.69) is 5.32 Å². The fourth-order valence-corrected chi connectivity index (χ4v) is 4.78. The van der Waals surface area contributed by atoms with Gasteiger partial charge in [0.15, 0.2) is 6.61 Å². The highest BCUT2D eigenvalue weighted by Crippen LogP contribution is 2.28. The van der Waals surface area contributed by atoms with Crippen molar-refractivity contribution >= 4 is 33.5 Å². The minimum absolute atomic E-state index is 0.000932. The van der Waals surface area contributed by atoms with Crippen LogP contribution >= 0.6 is 11.6 Å². The van der Waals surface area contributed by atoms with E-state index in [-0.39, 0.29) is 22.0 Å². The van der Waals surface area contributed by atoms with E-state index < -0.39 is 28.5 Å². The van der Waals surface area contributed by atoms with Crippen molar-refractivity contribution in [3.05, 3.63) is 52.9 Å². The zero-order valence-electron chi connectivity index (χ0n) is 14.9. The number of carbonyl (C=O) groups excluding carboxylic acids is 2. The number of amides is 1. The second-order valence-electron chi connectivity index (χ2n) is 6.19. The fourth-order valence-electron chi connectivity index (χ4n) is 2.76. The van der Waals surface area contributed by atoms with Crippen LogP contribution < -0.4 is 5.32 Å². The zero-order valence-corrected chi connectivity index (χ0v) is 16.5. The smallest absolute Gasteiger partial charge is 0.338 e. The first kappa shape index (κ1) is 20.4. The van der Waals surface area contributed by atoms with Gasteiger partial charge in [0.05, 0.1) is 23.4 Å². The van der Waals surface area contributed by atoms with Gasteiger partial charge >= 0.3 is 5.97 Å². The number of carbonyl (C=O) groups is 2. The highest BCUT2D eigenvalue weighted by atomic mass is 35.5. The van der Waals surface area contributed by atoms with Gasteiger partial charge in [-0.25, -0.2) is 13.2 Å². The quantitative estimate of drug-likeness (QED) is 0.680. The van der Waals surface area contributed by atoms with Crippen LogP contribution in [0.2, 0.25) is 5.02 Å². The van der Waals surface area contributed by atoms with Crippen LogP contribution in [0.5, 0.6) is 0 Å². The Bertz CT molecular complexity index is 952. The van der Waals surface area contributed by atoms with Gasteiger partial charge in [0.2, 0.25) is 10.0 Å². The molecule has 1 aliphatic heterocycles. The van der Waals surface area contributed by atoms with Crippen molar-refractivity contribution in [3.63, 3.8) is 0 Å². The number of nitrogens with zero attached hydrogens (tertiary/aromatic N) is 1. The molecule has 0 atom stereocenters. The number of rotatable bonds is 7. The topological polar surface area (TPSA) is 106 Å². The van der Waals surface area contributed by atoms with E-state index in [0.717, 1.165) is 12.8 Å². The molecule has 1 amide bonds. The molecule has 1 aliphatic rings. The summed E-state index contributed by atoms with van der Waals surface area (Å²) in [6.07, 6.45) is 3.05. The first-order chi connectivity index (χ1) is 13.4. The Morgan fingerprint density at radius 2 is 1.96 bits per heavy atom. The van der Waals surface area contributed by atoms with Gasteiger partial charge in [-0.15, -0.1) is 0 Å². The van der Waals surface area contributed by atoms with Crippen molar-refractivity contribution in [2.24, 2.45) is 0 Å². The van der Waals surface area contributed by atoms with Gasteiger partial charge in [-0.3, -0.25) is 4.79 Å². The molecule has 2 aromatic rings. The number of hydrogen-bond donors (Lipinski definition) is 1. The number of sulfonamides is 1. The fraction of sp³-hybridized carbons (Fsp3) is 0.333. The van der Waals surface area contributed by atoms with Crippen LogP contribution in [-0.2, 0) is 26.1 Å². The summed E-state index contributed by atoms with van der Waals surface area (Å²) in [6, 6.07) is 7.25. The van der Waals surface area contributed by atoms with E-state index in [9.17, 15) is 18.0 Å². The Labute approximate surface area is 167 Å². The molecule has 0 bridgehead atoms. The molecule has 150 valence electrons. The Balaban J connectivity index is 1.63. The molecule has 1 aromatic carbocycles. The second-order valence-corrected chi connectivity index (χ2v) is 8.50. The van der Waals surface area contributed by atoms with Gasteiger partial charge in [-0.2, -0.15) is 4.31 Å². The van der Waals surface area contributed by atoms with Crippen LogP contribution in [0.3, 0.4) is 0 Å². The first-order valence-electron chi connectivity index (χ1n) is 8.64. The number of halogens is 1. The van der Waals surface area contributed by atoms with Gasteiger partial charge in [-0.1, -0.05) is 11.6 Å². The molecule has 28 heavy (non-hydrogen) atoms. The average Bonchev–Trinajstić information content (AvgIpc) is 3.38. The summed E-state index contributed by atoms with van der Waals surface area (Å²) in [7, 11) is -3.79. The monoisotopic (exact) mass is 426 g/mol. The van der Waals surface area contributed by atoms with E-state index in [4.69, 9.17) is 20.8 Å². The second kappa shape index (κ2) is 8.76. The SMILES string of the molecule is O=C(COC(=O)c1ccc(Cl)c(S(=O)(=O)N2CCCC2)c1)NCc1ccco1. The number of nitrogens with one attached hydrogen (secondary N) is 1. The van der Waals surface area contributed by atoms with Crippen LogP contribution in [0.25, 0.3) is 0 Å². The Hall–Kier alpha value is -2.36. The van der Waals surface area contributed by atoms with Crippen LogP contribution in [0, 0.1) is 0 Å². The molecule has 0 radical (unpaired) electrons. The number of hydrogen-bond acceptors (Lipinski definition) is 6. The van der Waals surface area contributed by atoms with E-state index in [1.807, 2.05) is 0 Å². The molecule has 0 unspecified atom stereocenters. The Kier molecular flexibility index (Phi) is 6.38. The van der Waals surface area contributed by atoms with Crippen molar-refractivity contribution < 1.29 is 27.2 Å². The molecule has 2 heterocycles. The summed E-state index contributed by atoms with van der Waals surface area (Å²) in [5.74, 6) is -0.763. The number of esters is 1. The van der Waals surface area contributed by atoms with E-state index in [1.54, 1.807) is 12.1 Å². The van der Waals surface area contributed by atoms with Crippen molar-refractivity contribution in [3.8, 4) is 0 Å². The van der Waals surface area contributed by atoms with Gasteiger partial charge in [0.25, 0.3) is 5.91 Å². The predicted molar refractivity (Wildman–Crippen MR) is 100 cm³/mol. The molecular weight excluding hydrogens is 408 g/mol. The van der Waals surface area contributed by atoms with Crippen LogP contribution in [-0.4, -0.2) is 44.3 Å². The molecule has 8 nitrogen and oxygen atoms in total. The Morgan fingerprint density at radius 3 is 2.64 bits per heavy atom. The van der Waals surface area contributed by atoms with Gasteiger partial charge in [0.1, 0.15) is 10.7 Å². The summed E-state index contributed by atoms with van der Waals surface area (Å²) >= 11 is 6.05. The van der Waals surface area contributed by atoms with Crippen LogP contribution in [0.4, 0.5) is 0 Å². The summed E-state index contributed by atoms with van der Waals surface area (Å²) in [5, 5.41) is 2.57. The van der Waals surface area contributed by atoms with Gasteiger partial charge in [0, 0.05) is 13.1 Å².